The molecule has 25 heavy (non-hydrogen) atoms. The van der Waals surface area contributed by atoms with Gasteiger partial charge in [0, 0.05) is 5.02 Å². The van der Waals surface area contributed by atoms with Crippen molar-refractivity contribution in [2.45, 2.75) is 6.92 Å². The van der Waals surface area contributed by atoms with Crippen LogP contribution in [0.3, 0.4) is 0 Å². The molecule has 0 saturated carbocycles. The number of carbonyl (C=O) groups excluding carboxylic acids is 1. The highest BCUT2D eigenvalue weighted by molar-refractivity contribution is 9.10. The number of nitrogens with zero attached hydrogens (tertiary/aromatic N) is 1. The largest absolute Gasteiger partial charge is 0.503 e. The lowest BCUT2D eigenvalue weighted by molar-refractivity contribution is -0.123. The molecule has 0 unspecified atom stereocenters. The predicted octanol–water partition coefficient (Wildman–Crippen LogP) is 3.74. The lowest BCUT2D eigenvalue weighted by Gasteiger charge is -2.08. The minimum Gasteiger partial charge on any atom is -0.503 e. The van der Waals surface area contributed by atoms with Gasteiger partial charge in [0.2, 0.25) is 0 Å². The van der Waals surface area contributed by atoms with Gasteiger partial charge in [-0.2, -0.15) is 5.10 Å². The van der Waals surface area contributed by atoms with Crippen LogP contribution in [0.2, 0.25) is 5.02 Å². The molecular weight excluding hydrogens is 412 g/mol. The van der Waals surface area contributed by atoms with Crippen molar-refractivity contribution in [3.05, 3.63) is 51.5 Å². The summed E-state index contributed by atoms with van der Waals surface area (Å²) in [6, 6.07) is 9.95. The number of benzene rings is 2. The maximum absolute atomic E-state index is 11.7. The number of hydrogen-bond acceptors (Lipinski definition) is 5. The van der Waals surface area contributed by atoms with Crippen LogP contribution in [0.5, 0.6) is 17.2 Å². The first-order valence-electron chi connectivity index (χ1n) is 7.35. The summed E-state index contributed by atoms with van der Waals surface area (Å²) in [6.07, 6.45) is 1.44. The van der Waals surface area contributed by atoms with E-state index in [0.29, 0.717) is 33.2 Å². The van der Waals surface area contributed by atoms with Crippen molar-refractivity contribution in [1.82, 2.24) is 5.43 Å². The first kappa shape index (κ1) is 19.1. The quantitative estimate of drug-likeness (QED) is 0.521. The Bertz CT molecular complexity index is 766. The van der Waals surface area contributed by atoms with E-state index in [-0.39, 0.29) is 12.4 Å². The number of nitrogens with one attached hydrogen (secondary N) is 1. The number of phenols is 1. The highest BCUT2D eigenvalue weighted by atomic mass is 79.9. The third kappa shape index (κ3) is 5.95. The number of ether oxygens (including phenoxy) is 2. The fraction of sp³-hybridized carbons (Fsp3) is 0.176. The summed E-state index contributed by atoms with van der Waals surface area (Å²) in [5.74, 6) is 0.469. The number of aromatic hydroxyl groups is 1. The van der Waals surface area contributed by atoms with Gasteiger partial charge in [0.15, 0.2) is 18.1 Å². The molecule has 2 aromatic rings. The molecule has 0 heterocycles. The zero-order valence-electron chi connectivity index (χ0n) is 13.3. The molecule has 2 aromatic carbocycles. The molecule has 0 radical (unpaired) electrons. The molecule has 8 heteroatoms. The molecule has 0 aliphatic heterocycles. The molecule has 2 rings (SSSR count). The molecule has 0 aromatic heterocycles. The van der Waals surface area contributed by atoms with Gasteiger partial charge in [-0.1, -0.05) is 11.6 Å². The van der Waals surface area contributed by atoms with Crippen LogP contribution >= 0.6 is 27.5 Å². The summed E-state index contributed by atoms with van der Waals surface area (Å²) in [7, 11) is 0. The van der Waals surface area contributed by atoms with E-state index < -0.39 is 5.91 Å². The Balaban J connectivity index is 1.89. The first-order valence-corrected chi connectivity index (χ1v) is 8.52. The van der Waals surface area contributed by atoms with Crippen molar-refractivity contribution in [3.8, 4) is 17.2 Å². The van der Waals surface area contributed by atoms with Crippen molar-refractivity contribution in [1.29, 1.82) is 0 Å². The lowest BCUT2D eigenvalue weighted by atomic mass is 10.2. The second-order valence-corrected chi connectivity index (χ2v) is 6.11. The molecule has 0 atom stereocenters. The van der Waals surface area contributed by atoms with Gasteiger partial charge in [-0.15, -0.1) is 0 Å². The fourth-order valence-electron chi connectivity index (χ4n) is 1.82. The van der Waals surface area contributed by atoms with E-state index in [2.05, 4.69) is 26.5 Å². The molecule has 6 nitrogen and oxygen atoms in total. The van der Waals surface area contributed by atoms with Crippen molar-refractivity contribution < 1.29 is 19.4 Å². The Labute approximate surface area is 158 Å². The van der Waals surface area contributed by atoms with E-state index in [1.807, 2.05) is 6.92 Å². The monoisotopic (exact) mass is 426 g/mol. The molecule has 132 valence electrons. The number of phenolic OH excluding ortho intramolecular Hbond substituents is 1. The summed E-state index contributed by atoms with van der Waals surface area (Å²) in [4.78, 5) is 11.7. The van der Waals surface area contributed by atoms with E-state index in [1.54, 1.807) is 36.4 Å². The van der Waals surface area contributed by atoms with E-state index in [9.17, 15) is 9.90 Å². The average molecular weight is 428 g/mol. The maximum Gasteiger partial charge on any atom is 0.277 e. The van der Waals surface area contributed by atoms with E-state index in [1.165, 1.54) is 6.21 Å². The zero-order chi connectivity index (χ0) is 18.2. The molecule has 1 amide bonds. The van der Waals surface area contributed by atoms with Gasteiger partial charge in [0.25, 0.3) is 5.91 Å². The molecule has 0 bridgehead atoms. The van der Waals surface area contributed by atoms with Crippen LogP contribution in [-0.2, 0) is 4.79 Å². The van der Waals surface area contributed by atoms with Gasteiger partial charge in [0.1, 0.15) is 5.75 Å². The molecule has 2 N–H and O–H groups in total. The summed E-state index contributed by atoms with van der Waals surface area (Å²) in [5.41, 5.74) is 3.00. The Morgan fingerprint density at radius 3 is 2.72 bits per heavy atom. The number of hydrazone groups is 1. The Morgan fingerprint density at radius 1 is 1.32 bits per heavy atom. The van der Waals surface area contributed by atoms with Crippen LogP contribution in [0, 0.1) is 0 Å². The first-order chi connectivity index (χ1) is 12.0. The second-order valence-electron chi connectivity index (χ2n) is 4.82. The number of halogens is 2. The minimum absolute atomic E-state index is 0.0133. The number of carbonyl (C=O) groups is 1. The van der Waals surface area contributed by atoms with Crippen LogP contribution < -0.4 is 14.9 Å². The van der Waals surface area contributed by atoms with Gasteiger partial charge in [0.05, 0.1) is 17.3 Å². The van der Waals surface area contributed by atoms with Crippen molar-refractivity contribution >= 4 is 39.7 Å². The molecule has 0 aliphatic carbocycles. The second kappa shape index (κ2) is 9.29. The third-order valence-electron chi connectivity index (χ3n) is 2.94. The molecule has 0 saturated heterocycles. The topological polar surface area (TPSA) is 80.2 Å². The molecule has 0 spiro atoms. The van der Waals surface area contributed by atoms with Crippen LogP contribution in [0.1, 0.15) is 12.5 Å². The Hall–Kier alpha value is -2.25. The molecule has 0 fully saturated rings. The van der Waals surface area contributed by atoms with E-state index in [0.717, 1.165) is 0 Å². The number of amides is 1. The van der Waals surface area contributed by atoms with Gasteiger partial charge >= 0.3 is 0 Å². The average Bonchev–Trinajstić information content (AvgIpc) is 2.59. The van der Waals surface area contributed by atoms with Crippen molar-refractivity contribution in [2.24, 2.45) is 5.10 Å². The number of rotatable bonds is 7. The van der Waals surface area contributed by atoms with Gasteiger partial charge in [-0.05, 0) is 64.8 Å². The van der Waals surface area contributed by atoms with Gasteiger partial charge < -0.3 is 14.6 Å². The SMILES string of the molecule is CCOc1cc(/C=N/NC(=O)COc2ccc(Cl)cc2)cc(Br)c1O. The summed E-state index contributed by atoms with van der Waals surface area (Å²) in [5, 5.41) is 14.3. The standard InChI is InChI=1S/C17H16BrClN2O4/c1-2-24-15-8-11(7-14(18)17(15)23)9-20-21-16(22)10-25-13-5-3-12(19)4-6-13/h3-9,23H,2,10H2,1H3,(H,21,22)/b20-9+. The predicted molar refractivity (Wildman–Crippen MR) is 99.7 cm³/mol. The molecular formula is C17H16BrClN2O4. The highest BCUT2D eigenvalue weighted by Crippen LogP contribution is 2.35. The van der Waals surface area contributed by atoms with Crippen molar-refractivity contribution in [3.63, 3.8) is 0 Å². The Morgan fingerprint density at radius 2 is 2.04 bits per heavy atom. The van der Waals surface area contributed by atoms with Crippen molar-refractivity contribution in [2.75, 3.05) is 13.2 Å². The maximum atomic E-state index is 11.7. The zero-order valence-corrected chi connectivity index (χ0v) is 15.7. The third-order valence-corrected chi connectivity index (χ3v) is 3.79. The molecule has 0 aliphatic rings. The van der Waals surface area contributed by atoms with Gasteiger partial charge in [-0.25, -0.2) is 5.43 Å². The van der Waals surface area contributed by atoms with E-state index >= 15 is 0 Å². The van der Waals surface area contributed by atoms with Crippen LogP contribution in [-0.4, -0.2) is 30.4 Å². The fourth-order valence-corrected chi connectivity index (χ4v) is 2.41. The Kier molecular flexibility index (Phi) is 7.09. The van der Waals surface area contributed by atoms with Crippen LogP contribution in [0.15, 0.2) is 46.0 Å². The van der Waals surface area contributed by atoms with Gasteiger partial charge in [-0.3, -0.25) is 4.79 Å². The summed E-state index contributed by atoms with van der Waals surface area (Å²) in [6.45, 7) is 2.05. The smallest absolute Gasteiger partial charge is 0.277 e. The van der Waals surface area contributed by atoms with E-state index in [4.69, 9.17) is 21.1 Å². The minimum atomic E-state index is -0.408. The summed E-state index contributed by atoms with van der Waals surface area (Å²) < 4.78 is 11.1. The highest BCUT2D eigenvalue weighted by Gasteiger charge is 2.08. The normalized spacial score (nSPS) is 10.7. The van der Waals surface area contributed by atoms with Crippen LogP contribution in [0.25, 0.3) is 0 Å². The lowest BCUT2D eigenvalue weighted by Crippen LogP contribution is -2.24. The number of hydrogen-bond donors (Lipinski definition) is 2. The summed E-state index contributed by atoms with van der Waals surface area (Å²) >= 11 is 9.01. The van der Waals surface area contributed by atoms with Crippen LogP contribution in [0.4, 0.5) is 0 Å².